The summed E-state index contributed by atoms with van der Waals surface area (Å²) in [4.78, 5) is 12.7. The molecule has 3 rings (SSSR count). The van der Waals surface area contributed by atoms with Crippen LogP contribution in [0.4, 0.5) is 5.69 Å². The van der Waals surface area contributed by atoms with Gasteiger partial charge in [-0.1, -0.05) is 12.1 Å². The number of carbonyl (C=O) groups is 1. The maximum absolute atomic E-state index is 12.7. The van der Waals surface area contributed by atoms with Crippen LogP contribution in [-0.2, 0) is 19.6 Å². The Balaban J connectivity index is 1.64. The summed E-state index contributed by atoms with van der Waals surface area (Å²) in [7, 11) is -3.56. The fraction of sp³-hybridized carbons (Fsp3) is 0.381. The molecule has 1 saturated heterocycles. The molecule has 1 fully saturated rings. The molecular formula is C21H26N2O5S. The Morgan fingerprint density at radius 2 is 1.76 bits per heavy atom. The van der Waals surface area contributed by atoms with Crippen molar-refractivity contribution in [2.75, 3.05) is 31.6 Å². The average Bonchev–Trinajstić information content (AvgIpc) is 2.72. The highest BCUT2D eigenvalue weighted by molar-refractivity contribution is 7.89. The number of hydrogen-bond acceptors (Lipinski definition) is 5. The first-order chi connectivity index (χ1) is 13.8. The lowest BCUT2D eigenvalue weighted by Gasteiger charge is -2.26. The highest BCUT2D eigenvalue weighted by atomic mass is 32.2. The summed E-state index contributed by atoms with van der Waals surface area (Å²) in [5.41, 5.74) is 2.59. The van der Waals surface area contributed by atoms with E-state index in [1.165, 1.54) is 16.4 Å². The van der Waals surface area contributed by atoms with Crippen LogP contribution in [0.3, 0.4) is 0 Å². The van der Waals surface area contributed by atoms with Gasteiger partial charge in [0.1, 0.15) is 5.75 Å². The van der Waals surface area contributed by atoms with Gasteiger partial charge in [-0.3, -0.25) is 4.79 Å². The standard InChI is InChI=1S/C21H26N2O5S/c1-15-5-4-6-20(16(15)2)28-17(3)21(24)22-18-7-9-19(10-8-18)29(25,26)23-11-13-27-14-12-23/h4-10,17H,11-14H2,1-3H3,(H,22,24). The van der Waals surface area contributed by atoms with Crippen LogP contribution in [0.1, 0.15) is 18.1 Å². The lowest BCUT2D eigenvalue weighted by Crippen LogP contribution is -2.40. The maximum Gasteiger partial charge on any atom is 0.265 e. The van der Waals surface area contributed by atoms with E-state index < -0.39 is 16.1 Å². The monoisotopic (exact) mass is 418 g/mol. The van der Waals surface area contributed by atoms with E-state index in [9.17, 15) is 13.2 Å². The van der Waals surface area contributed by atoms with Gasteiger partial charge in [-0.15, -0.1) is 0 Å². The van der Waals surface area contributed by atoms with Crippen molar-refractivity contribution in [3.8, 4) is 5.75 Å². The van der Waals surface area contributed by atoms with Crippen molar-refractivity contribution >= 4 is 21.6 Å². The number of morpholine rings is 1. The van der Waals surface area contributed by atoms with Crippen LogP contribution < -0.4 is 10.1 Å². The van der Waals surface area contributed by atoms with Gasteiger partial charge in [0.25, 0.3) is 5.91 Å². The minimum Gasteiger partial charge on any atom is -0.481 e. The van der Waals surface area contributed by atoms with Gasteiger partial charge in [0.05, 0.1) is 18.1 Å². The molecule has 0 saturated carbocycles. The van der Waals surface area contributed by atoms with Crippen molar-refractivity contribution in [2.45, 2.75) is 31.8 Å². The number of carbonyl (C=O) groups excluding carboxylic acids is 1. The van der Waals surface area contributed by atoms with Gasteiger partial charge in [0.15, 0.2) is 6.10 Å². The molecule has 2 aromatic rings. The number of rotatable bonds is 6. The largest absolute Gasteiger partial charge is 0.481 e. The van der Waals surface area contributed by atoms with Gasteiger partial charge in [-0.2, -0.15) is 4.31 Å². The highest BCUT2D eigenvalue weighted by Gasteiger charge is 2.26. The van der Waals surface area contributed by atoms with E-state index in [4.69, 9.17) is 9.47 Å². The molecule has 1 aliphatic heterocycles. The van der Waals surface area contributed by atoms with Crippen LogP contribution in [0.2, 0.25) is 0 Å². The molecule has 1 atom stereocenters. The predicted molar refractivity (Wildman–Crippen MR) is 111 cm³/mol. The van der Waals surface area contributed by atoms with Gasteiger partial charge >= 0.3 is 0 Å². The molecule has 1 heterocycles. The molecule has 1 unspecified atom stereocenters. The van der Waals surface area contributed by atoms with Gasteiger partial charge < -0.3 is 14.8 Å². The molecule has 29 heavy (non-hydrogen) atoms. The first kappa shape index (κ1) is 21.3. The van der Waals surface area contributed by atoms with Crippen molar-refractivity contribution in [2.24, 2.45) is 0 Å². The number of nitrogens with one attached hydrogen (secondary N) is 1. The number of nitrogens with zero attached hydrogens (tertiary/aromatic N) is 1. The van der Waals surface area contributed by atoms with E-state index in [1.807, 2.05) is 32.0 Å². The molecule has 0 spiro atoms. The minimum atomic E-state index is -3.56. The quantitative estimate of drug-likeness (QED) is 0.780. The van der Waals surface area contributed by atoms with E-state index in [1.54, 1.807) is 19.1 Å². The number of benzene rings is 2. The first-order valence-corrected chi connectivity index (χ1v) is 10.9. The van der Waals surface area contributed by atoms with Gasteiger partial charge in [0, 0.05) is 18.8 Å². The molecule has 2 aromatic carbocycles. The second-order valence-corrected chi connectivity index (χ2v) is 8.93. The first-order valence-electron chi connectivity index (χ1n) is 9.51. The number of amides is 1. The summed E-state index contributed by atoms with van der Waals surface area (Å²) < 4.78 is 37.7. The third-order valence-corrected chi connectivity index (χ3v) is 6.87. The second kappa shape index (κ2) is 8.94. The van der Waals surface area contributed by atoms with Gasteiger partial charge in [-0.05, 0) is 62.2 Å². The van der Waals surface area contributed by atoms with Crippen LogP contribution >= 0.6 is 0 Å². The normalized spacial score (nSPS) is 16.2. The molecular weight excluding hydrogens is 392 g/mol. The smallest absolute Gasteiger partial charge is 0.265 e. The summed E-state index contributed by atoms with van der Waals surface area (Å²) in [5, 5.41) is 2.76. The average molecular weight is 419 g/mol. The van der Waals surface area contributed by atoms with E-state index >= 15 is 0 Å². The number of hydrogen-bond donors (Lipinski definition) is 1. The Hall–Kier alpha value is -2.42. The highest BCUT2D eigenvalue weighted by Crippen LogP contribution is 2.23. The Kier molecular flexibility index (Phi) is 6.56. The van der Waals surface area contributed by atoms with E-state index in [2.05, 4.69) is 5.32 Å². The minimum absolute atomic E-state index is 0.192. The molecule has 0 aliphatic carbocycles. The summed E-state index contributed by atoms with van der Waals surface area (Å²) >= 11 is 0. The zero-order valence-electron chi connectivity index (χ0n) is 16.8. The third kappa shape index (κ3) is 4.95. The van der Waals surface area contributed by atoms with Crippen molar-refractivity contribution in [1.82, 2.24) is 4.31 Å². The summed E-state index contributed by atoms with van der Waals surface area (Å²) in [6.07, 6.45) is -0.702. The Labute approximate surface area is 171 Å². The Bertz CT molecular complexity index is 967. The van der Waals surface area contributed by atoms with Crippen LogP contribution in [0.15, 0.2) is 47.4 Å². The predicted octanol–water partition coefficient (Wildman–Crippen LogP) is 2.73. The van der Waals surface area contributed by atoms with Crippen molar-refractivity contribution in [3.05, 3.63) is 53.6 Å². The fourth-order valence-corrected chi connectivity index (χ4v) is 4.39. The number of aryl methyl sites for hydroxylation is 1. The lowest BCUT2D eigenvalue weighted by atomic mass is 10.1. The molecule has 1 aliphatic rings. The van der Waals surface area contributed by atoms with Crippen molar-refractivity contribution < 1.29 is 22.7 Å². The zero-order valence-corrected chi connectivity index (χ0v) is 17.7. The molecule has 156 valence electrons. The summed E-state index contributed by atoms with van der Waals surface area (Å²) in [6, 6.07) is 11.9. The fourth-order valence-electron chi connectivity index (χ4n) is 2.99. The molecule has 8 heteroatoms. The van der Waals surface area contributed by atoms with E-state index in [-0.39, 0.29) is 10.8 Å². The Morgan fingerprint density at radius 1 is 1.10 bits per heavy atom. The van der Waals surface area contributed by atoms with Crippen LogP contribution in [0.5, 0.6) is 5.75 Å². The molecule has 1 amide bonds. The number of anilines is 1. The molecule has 7 nitrogen and oxygen atoms in total. The van der Waals surface area contributed by atoms with Crippen molar-refractivity contribution in [3.63, 3.8) is 0 Å². The van der Waals surface area contributed by atoms with Crippen LogP contribution in [-0.4, -0.2) is 51.0 Å². The van der Waals surface area contributed by atoms with Gasteiger partial charge in [-0.25, -0.2) is 8.42 Å². The molecule has 0 aromatic heterocycles. The third-order valence-electron chi connectivity index (χ3n) is 4.96. The summed E-state index contributed by atoms with van der Waals surface area (Å²) in [6.45, 7) is 7.08. The van der Waals surface area contributed by atoms with E-state index in [0.29, 0.717) is 37.7 Å². The van der Waals surface area contributed by atoms with Crippen LogP contribution in [0.25, 0.3) is 0 Å². The van der Waals surface area contributed by atoms with Gasteiger partial charge in [0.2, 0.25) is 10.0 Å². The second-order valence-electron chi connectivity index (χ2n) is 6.99. The number of ether oxygens (including phenoxy) is 2. The lowest BCUT2D eigenvalue weighted by molar-refractivity contribution is -0.122. The summed E-state index contributed by atoms with van der Waals surface area (Å²) in [5.74, 6) is 0.356. The Morgan fingerprint density at radius 3 is 2.41 bits per heavy atom. The topological polar surface area (TPSA) is 84.9 Å². The number of sulfonamides is 1. The molecule has 0 bridgehead atoms. The molecule has 0 radical (unpaired) electrons. The zero-order chi connectivity index (χ0) is 21.0. The van der Waals surface area contributed by atoms with Crippen LogP contribution in [0, 0.1) is 13.8 Å². The SMILES string of the molecule is Cc1cccc(OC(C)C(=O)Nc2ccc(S(=O)(=O)N3CCOCC3)cc2)c1C. The van der Waals surface area contributed by atoms with E-state index in [0.717, 1.165) is 11.1 Å². The van der Waals surface area contributed by atoms with Crippen molar-refractivity contribution in [1.29, 1.82) is 0 Å². The molecule has 1 N–H and O–H groups in total. The maximum atomic E-state index is 12.7.